The van der Waals surface area contributed by atoms with Crippen LogP contribution < -0.4 is 5.32 Å². The van der Waals surface area contributed by atoms with Crippen molar-refractivity contribution in [2.24, 2.45) is 0 Å². The van der Waals surface area contributed by atoms with Gasteiger partial charge < -0.3 is 15.3 Å². The third-order valence-corrected chi connectivity index (χ3v) is 3.77. The van der Waals surface area contributed by atoms with E-state index < -0.39 is 0 Å². The van der Waals surface area contributed by atoms with E-state index in [9.17, 15) is 4.79 Å². The van der Waals surface area contributed by atoms with Crippen molar-refractivity contribution in [3.8, 4) is 0 Å². The standard InChI is InChI=1S/C13H19ClN2O2S/c1-3-6-16(7-8-17)13(18)15-10-4-5-12(19-2)11(14)9-10/h4-5,9,17H,3,6-8H2,1-2H3,(H,15,18). The number of hydrogen-bond acceptors (Lipinski definition) is 3. The number of aliphatic hydroxyl groups excluding tert-OH is 1. The highest BCUT2D eigenvalue weighted by Crippen LogP contribution is 2.28. The molecule has 2 N–H and O–H groups in total. The molecule has 0 aliphatic carbocycles. The molecular weight excluding hydrogens is 284 g/mol. The van der Waals surface area contributed by atoms with E-state index in [1.54, 1.807) is 22.7 Å². The number of anilines is 1. The minimum absolute atomic E-state index is 0.0421. The second-order valence-electron chi connectivity index (χ2n) is 3.99. The third-order valence-electron chi connectivity index (χ3n) is 2.55. The Balaban J connectivity index is 2.71. The second kappa shape index (κ2) is 8.30. The number of carbonyl (C=O) groups excluding carboxylic acids is 1. The average Bonchev–Trinajstić information content (AvgIpc) is 2.38. The monoisotopic (exact) mass is 302 g/mol. The lowest BCUT2D eigenvalue weighted by molar-refractivity contribution is 0.188. The van der Waals surface area contributed by atoms with Crippen LogP contribution in [-0.4, -0.2) is 42.0 Å². The summed E-state index contributed by atoms with van der Waals surface area (Å²) in [4.78, 5) is 14.6. The van der Waals surface area contributed by atoms with Crippen LogP contribution in [0.25, 0.3) is 0 Å². The Labute approximate surface area is 123 Å². The summed E-state index contributed by atoms with van der Waals surface area (Å²) in [5.74, 6) is 0. The summed E-state index contributed by atoms with van der Waals surface area (Å²) < 4.78 is 0. The zero-order chi connectivity index (χ0) is 14.3. The molecule has 0 aromatic heterocycles. The first-order valence-corrected chi connectivity index (χ1v) is 7.73. The fourth-order valence-electron chi connectivity index (χ4n) is 1.65. The van der Waals surface area contributed by atoms with E-state index in [2.05, 4.69) is 5.32 Å². The van der Waals surface area contributed by atoms with Crippen LogP contribution in [0.4, 0.5) is 10.5 Å². The lowest BCUT2D eigenvalue weighted by atomic mass is 10.3. The van der Waals surface area contributed by atoms with Crippen LogP contribution in [-0.2, 0) is 0 Å². The van der Waals surface area contributed by atoms with E-state index in [1.807, 2.05) is 25.3 Å². The van der Waals surface area contributed by atoms with Gasteiger partial charge in [-0.2, -0.15) is 0 Å². The number of benzene rings is 1. The van der Waals surface area contributed by atoms with Crippen LogP contribution >= 0.6 is 23.4 Å². The maximum absolute atomic E-state index is 12.0. The van der Waals surface area contributed by atoms with Crippen molar-refractivity contribution < 1.29 is 9.90 Å². The van der Waals surface area contributed by atoms with Gasteiger partial charge in [-0.3, -0.25) is 0 Å². The molecule has 0 spiro atoms. The van der Waals surface area contributed by atoms with Crippen LogP contribution in [0, 0.1) is 0 Å². The summed E-state index contributed by atoms with van der Waals surface area (Å²) in [6.07, 6.45) is 2.79. The van der Waals surface area contributed by atoms with Crippen molar-refractivity contribution in [2.45, 2.75) is 18.2 Å². The number of urea groups is 1. The van der Waals surface area contributed by atoms with Crippen LogP contribution in [0.5, 0.6) is 0 Å². The molecule has 1 rings (SSSR count). The smallest absolute Gasteiger partial charge is 0.321 e. The molecule has 0 unspecified atom stereocenters. The molecule has 1 aromatic carbocycles. The normalized spacial score (nSPS) is 10.3. The lowest BCUT2D eigenvalue weighted by Gasteiger charge is -2.21. The van der Waals surface area contributed by atoms with Crippen molar-refractivity contribution in [3.63, 3.8) is 0 Å². The molecule has 4 nitrogen and oxygen atoms in total. The highest BCUT2D eigenvalue weighted by molar-refractivity contribution is 7.98. The van der Waals surface area contributed by atoms with Crippen molar-refractivity contribution >= 4 is 35.1 Å². The van der Waals surface area contributed by atoms with Gasteiger partial charge in [0.15, 0.2) is 0 Å². The molecule has 0 aliphatic rings. The molecule has 1 aromatic rings. The van der Waals surface area contributed by atoms with E-state index in [-0.39, 0.29) is 12.6 Å². The van der Waals surface area contributed by atoms with Gasteiger partial charge in [-0.15, -0.1) is 11.8 Å². The Bertz CT molecular complexity index is 423. The van der Waals surface area contributed by atoms with Gasteiger partial charge in [-0.25, -0.2) is 4.79 Å². The predicted octanol–water partition coefficient (Wildman–Crippen LogP) is 3.30. The Morgan fingerprint density at radius 3 is 2.74 bits per heavy atom. The molecule has 2 amide bonds. The Kier molecular flexibility index (Phi) is 7.05. The van der Waals surface area contributed by atoms with E-state index in [4.69, 9.17) is 16.7 Å². The summed E-state index contributed by atoms with van der Waals surface area (Å²) in [6, 6.07) is 5.20. The van der Waals surface area contributed by atoms with Gasteiger partial charge in [0.25, 0.3) is 0 Å². The predicted molar refractivity (Wildman–Crippen MR) is 81.2 cm³/mol. The molecule has 0 heterocycles. The Hall–Kier alpha value is -0.910. The first-order chi connectivity index (χ1) is 9.12. The molecule has 0 radical (unpaired) electrons. The SMILES string of the molecule is CCCN(CCO)C(=O)Nc1ccc(SC)c(Cl)c1. The number of amides is 2. The van der Waals surface area contributed by atoms with Gasteiger partial charge in [-0.1, -0.05) is 18.5 Å². The molecule has 0 bridgehead atoms. The quantitative estimate of drug-likeness (QED) is 0.793. The number of nitrogens with zero attached hydrogens (tertiary/aromatic N) is 1. The van der Waals surface area contributed by atoms with E-state index in [1.165, 1.54) is 0 Å². The maximum atomic E-state index is 12.0. The van der Waals surface area contributed by atoms with Crippen LogP contribution in [0.3, 0.4) is 0 Å². The molecule has 0 fully saturated rings. The van der Waals surface area contributed by atoms with Crippen molar-refractivity contribution in [3.05, 3.63) is 23.2 Å². The number of carbonyl (C=O) groups is 1. The molecule has 0 saturated heterocycles. The number of rotatable bonds is 6. The van der Waals surface area contributed by atoms with E-state index in [0.717, 1.165) is 11.3 Å². The minimum atomic E-state index is -0.219. The Morgan fingerprint density at radius 1 is 1.47 bits per heavy atom. The maximum Gasteiger partial charge on any atom is 0.321 e. The van der Waals surface area contributed by atoms with Gasteiger partial charge >= 0.3 is 6.03 Å². The highest BCUT2D eigenvalue weighted by atomic mass is 35.5. The molecule has 0 saturated carbocycles. The summed E-state index contributed by atoms with van der Waals surface area (Å²) in [7, 11) is 0. The number of halogens is 1. The number of aliphatic hydroxyl groups is 1. The first-order valence-electron chi connectivity index (χ1n) is 6.12. The van der Waals surface area contributed by atoms with Gasteiger partial charge in [0.2, 0.25) is 0 Å². The molecular formula is C13H19ClN2O2S. The van der Waals surface area contributed by atoms with Crippen LogP contribution in [0.1, 0.15) is 13.3 Å². The minimum Gasteiger partial charge on any atom is -0.395 e. The number of thioether (sulfide) groups is 1. The van der Waals surface area contributed by atoms with Gasteiger partial charge in [0.05, 0.1) is 11.6 Å². The van der Waals surface area contributed by atoms with E-state index >= 15 is 0 Å². The molecule has 106 valence electrons. The Morgan fingerprint density at radius 2 is 2.21 bits per heavy atom. The zero-order valence-electron chi connectivity index (χ0n) is 11.1. The number of hydrogen-bond donors (Lipinski definition) is 2. The van der Waals surface area contributed by atoms with Crippen LogP contribution in [0.2, 0.25) is 5.02 Å². The van der Waals surface area contributed by atoms with Crippen LogP contribution in [0.15, 0.2) is 23.1 Å². The summed E-state index contributed by atoms with van der Waals surface area (Å²) in [5, 5.41) is 12.4. The van der Waals surface area contributed by atoms with E-state index in [0.29, 0.717) is 23.8 Å². The molecule has 6 heteroatoms. The molecule has 0 atom stereocenters. The zero-order valence-corrected chi connectivity index (χ0v) is 12.7. The lowest BCUT2D eigenvalue weighted by Crippen LogP contribution is -2.37. The summed E-state index contributed by atoms with van der Waals surface area (Å²) >= 11 is 7.65. The number of nitrogens with one attached hydrogen (secondary N) is 1. The fourth-order valence-corrected chi connectivity index (χ4v) is 2.52. The van der Waals surface area contributed by atoms with Gasteiger partial charge in [0.1, 0.15) is 0 Å². The third kappa shape index (κ3) is 4.93. The fraction of sp³-hybridized carbons (Fsp3) is 0.462. The largest absolute Gasteiger partial charge is 0.395 e. The van der Waals surface area contributed by atoms with Crippen molar-refractivity contribution in [1.82, 2.24) is 4.90 Å². The summed E-state index contributed by atoms with van der Waals surface area (Å²) in [6.45, 7) is 2.89. The summed E-state index contributed by atoms with van der Waals surface area (Å²) in [5.41, 5.74) is 0.659. The van der Waals surface area contributed by atoms with Crippen molar-refractivity contribution in [1.29, 1.82) is 0 Å². The van der Waals surface area contributed by atoms with Gasteiger partial charge in [-0.05, 0) is 30.9 Å². The second-order valence-corrected chi connectivity index (χ2v) is 5.25. The highest BCUT2D eigenvalue weighted by Gasteiger charge is 2.12. The first kappa shape index (κ1) is 16.1. The molecule has 19 heavy (non-hydrogen) atoms. The van der Waals surface area contributed by atoms with Gasteiger partial charge in [0, 0.05) is 23.7 Å². The average molecular weight is 303 g/mol. The topological polar surface area (TPSA) is 52.6 Å². The van der Waals surface area contributed by atoms with Crippen molar-refractivity contribution in [2.75, 3.05) is 31.3 Å². The molecule has 0 aliphatic heterocycles.